The molecule has 1 rings (SSSR count). The zero-order chi connectivity index (χ0) is 14.3. The molecular formula is C12H20ClN3O2S. The smallest absolute Gasteiger partial charge is 0.233 e. The first-order valence-corrected chi connectivity index (χ1v) is 8.28. The minimum absolute atomic E-state index is 0.0691. The van der Waals surface area contributed by atoms with Crippen LogP contribution in [-0.4, -0.2) is 31.7 Å². The fourth-order valence-corrected chi connectivity index (χ4v) is 2.84. The molecule has 0 bridgehead atoms. The van der Waals surface area contributed by atoms with Crippen molar-refractivity contribution in [1.29, 1.82) is 0 Å². The Bertz CT molecular complexity index is 492. The normalized spacial score (nSPS) is 11.8. The van der Waals surface area contributed by atoms with Crippen molar-refractivity contribution in [2.75, 3.05) is 17.0 Å². The Labute approximate surface area is 119 Å². The van der Waals surface area contributed by atoms with E-state index in [0.29, 0.717) is 17.5 Å². The molecule has 1 heterocycles. The van der Waals surface area contributed by atoms with Gasteiger partial charge in [-0.1, -0.05) is 25.4 Å². The summed E-state index contributed by atoms with van der Waals surface area (Å²) >= 11 is 5.85. The summed E-state index contributed by atoms with van der Waals surface area (Å²) in [6.07, 6.45) is 2.91. The molecule has 0 aliphatic heterocycles. The summed E-state index contributed by atoms with van der Waals surface area (Å²) in [6, 6.07) is 3.67. The number of hydrogen-bond acceptors (Lipinski definition) is 4. The minimum Gasteiger partial charge on any atom is -0.315 e. The Morgan fingerprint density at radius 3 is 2.74 bits per heavy atom. The molecule has 5 nitrogen and oxygen atoms in total. The van der Waals surface area contributed by atoms with E-state index in [0.717, 1.165) is 13.0 Å². The van der Waals surface area contributed by atoms with Crippen LogP contribution in [0.25, 0.3) is 0 Å². The molecule has 0 aliphatic carbocycles. The molecule has 19 heavy (non-hydrogen) atoms. The zero-order valence-electron chi connectivity index (χ0n) is 11.2. The number of nitrogens with one attached hydrogen (secondary N) is 2. The molecule has 7 heteroatoms. The third kappa shape index (κ3) is 6.75. The van der Waals surface area contributed by atoms with Gasteiger partial charge in [-0.05, 0) is 31.5 Å². The molecular weight excluding hydrogens is 286 g/mol. The maximum absolute atomic E-state index is 11.8. The summed E-state index contributed by atoms with van der Waals surface area (Å²) in [7, 11) is -3.38. The first-order chi connectivity index (χ1) is 8.91. The lowest BCUT2D eigenvalue weighted by Crippen LogP contribution is -2.24. The van der Waals surface area contributed by atoms with E-state index < -0.39 is 10.0 Å². The van der Waals surface area contributed by atoms with Gasteiger partial charge in [-0.2, -0.15) is 0 Å². The van der Waals surface area contributed by atoms with Gasteiger partial charge < -0.3 is 5.32 Å². The fraction of sp³-hybridized carbons (Fsp3) is 0.583. The number of aromatic nitrogens is 1. The molecule has 1 aromatic heterocycles. The van der Waals surface area contributed by atoms with Crippen LogP contribution in [0.5, 0.6) is 0 Å². The third-order valence-corrected chi connectivity index (χ3v) is 4.04. The summed E-state index contributed by atoms with van der Waals surface area (Å²) in [4.78, 5) is 3.90. The van der Waals surface area contributed by atoms with Crippen LogP contribution in [0, 0.1) is 0 Å². The van der Waals surface area contributed by atoms with Gasteiger partial charge in [-0.3, -0.25) is 4.72 Å². The second-order valence-electron chi connectivity index (χ2n) is 4.57. The Balaban J connectivity index is 2.38. The number of anilines is 1. The van der Waals surface area contributed by atoms with Crippen molar-refractivity contribution in [1.82, 2.24) is 10.3 Å². The lowest BCUT2D eigenvalue weighted by molar-refractivity contribution is 0.561. The van der Waals surface area contributed by atoms with Gasteiger partial charge in [0.25, 0.3) is 0 Å². The molecule has 0 atom stereocenters. The topological polar surface area (TPSA) is 71.1 Å². The molecule has 0 unspecified atom stereocenters. The molecule has 0 saturated heterocycles. The highest BCUT2D eigenvalue weighted by Gasteiger charge is 2.12. The standard InChI is InChI=1S/C12H20ClN3O2S/c1-10(2)14-7-3-4-9-19(17,18)16-12-11(13)6-5-8-15-12/h5-6,8,10,14H,3-4,7,9H2,1-2H3,(H,15,16). The molecule has 0 amide bonds. The molecule has 2 N–H and O–H groups in total. The van der Waals surface area contributed by atoms with Crippen LogP contribution < -0.4 is 10.0 Å². The lowest BCUT2D eigenvalue weighted by Gasteiger charge is -2.09. The highest BCUT2D eigenvalue weighted by molar-refractivity contribution is 7.92. The number of sulfonamides is 1. The quantitative estimate of drug-likeness (QED) is 0.723. The molecule has 0 aromatic carbocycles. The second kappa shape index (κ2) is 7.67. The Morgan fingerprint density at radius 2 is 2.11 bits per heavy atom. The van der Waals surface area contributed by atoms with Gasteiger partial charge in [0.15, 0.2) is 5.82 Å². The first kappa shape index (κ1) is 16.2. The van der Waals surface area contributed by atoms with E-state index in [1.807, 2.05) is 0 Å². The van der Waals surface area contributed by atoms with E-state index in [4.69, 9.17) is 11.6 Å². The molecule has 0 aliphatic rings. The van der Waals surface area contributed by atoms with Crippen LogP contribution in [0.2, 0.25) is 5.02 Å². The highest BCUT2D eigenvalue weighted by Crippen LogP contribution is 2.18. The fourth-order valence-electron chi connectivity index (χ4n) is 1.47. The van der Waals surface area contributed by atoms with Gasteiger partial charge in [0.05, 0.1) is 10.8 Å². The predicted molar refractivity (Wildman–Crippen MR) is 79.0 cm³/mol. The molecule has 108 valence electrons. The number of rotatable bonds is 8. The van der Waals surface area contributed by atoms with Gasteiger partial charge in [-0.15, -0.1) is 0 Å². The lowest BCUT2D eigenvalue weighted by atomic mass is 10.3. The maximum Gasteiger partial charge on any atom is 0.233 e. The van der Waals surface area contributed by atoms with Gasteiger partial charge >= 0.3 is 0 Å². The van der Waals surface area contributed by atoms with Crippen molar-refractivity contribution in [3.63, 3.8) is 0 Å². The minimum atomic E-state index is -3.38. The molecule has 0 radical (unpaired) electrons. The van der Waals surface area contributed by atoms with Gasteiger partial charge in [0, 0.05) is 12.2 Å². The average molecular weight is 306 g/mol. The summed E-state index contributed by atoms with van der Waals surface area (Å²) in [6.45, 7) is 4.93. The Kier molecular flexibility index (Phi) is 6.54. The third-order valence-electron chi connectivity index (χ3n) is 2.40. The number of unbranched alkanes of at least 4 members (excludes halogenated alkanes) is 1. The van der Waals surface area contributed by atoms with Gasteiger partial charge in [-0.25, -0.2) is 13.4 Å². The van der Waals surface area contributed by atoms with Gasteiger partial charge in [0.1, 0.15) is 0 Å². The van der Waals surface area contributed by atoms with Crippen LogP contribution in [0.4, 0.5) is 5.82 Å². The van der Waals surface area contributed by atoms with Crippen LogP contribution in [0.1, 0.15) is 26.7 Å². The summed E-state index contributed by atoms with van der Waals surface area (Å²) in [5, 5.41) is 3.54. The van der Waals surface area contributed by atoms with E-state index in [-0.39, 0.29) is 11.6 Å². The molecule has 0 spiro atoms. The van der Waals surface area contributed by atoms with Crippen LogP contribution >= 0.6 is 11.6 Å². The SMILES string of the molecule is CC(C)NCCCCS(=O)(=O)Nc1ncccc1Cl. The zero-order valence-corrected chi connectivity index (χ0v) is 12.8. The van der Waals surface area contributed by atoms with E-state index in [9.17, 15) is 8.42 Å². The number of pyridine rings is 1. The van der Waals surface area contributed by atoms with Gasteiger partial charge in [0.2, 0.25) is 10.0 Å². The van der Waals surface area contributed by atoms with Crippen molar-refractivity contribution in [3.8, 4) is 0 Å². The van der Waals surface area contributed by atoms with E-state index in [1.165, 1.54) is 6.20 Å². The van der Waals surface area contributed by atoms with Crippen LogP contribution in [-0.2, 0) is 10.0 Å². The summed E-state index contributed by atoms with van der Waals surface area (Å²) < 4.78 is 26.0. The molecule has 1 aromatic rings. The number of halogens is 1. The second-order valence-corrected chi connectivity index (χ2v) is 6.82. The Hall–Kier alpha value is -0.850. The number of nitrogens with zero attached hydrogens (tertiary/aromatic N) is 1. The van der Waals surface area contributed by atoms with E-state index in [1.54, 1.807) is 12.1 Å². The van der Waals surface area contributed by atoms with Crippen molar-refractivity contribution >= 4 is 27.4 Å². The van der Waals surface area contributed by atoms with Crippen molar-refractivity contribution in [2.45, 2.75) is 32.7 Å². The first-order valence-electron chi connectivity index (χ1n) is 6.25. The molecule has 0 fully saturated rings. The Morgan fingerprint density at radius 1 is 1.37 bits per heavy atom. The van der Waals surface area contributed by atoms with Crippen molar-refractivity contribution < 1.29 is 8.42 Å². The van der Waals surface area contributed by atoms with E-state index >= 15 is 0 Å². The number of hydrogen-bond donors (Lipinski definition) is 2. The molecule has 0 saturated carbocycles. The largest absolute Gasteiger partial charge is 0.315 e. The van der Waals surface area contributed by atoms with Crippen LogP contribution in [0.15, 0.2) is 18.3 Å². The monoisotopic (exact) mass is 305 g/mol. The predicted octanol–water partition coefficient (Wildman–Crippen LogP) is 2.25. The highest BCUT2D eigenvalue weighted by atomic mass is 35.5. The maximum atomic E-state index is 11.8. The summed E-state index contributed by atoms with van der Waals surface area (Å²) in [5.41, 5.74) is 0. The van der Waals surface area contributed by atoms with Crippen molar-refractivity contribution in [3.05, 3.63) is 23.4 Å². The van der Waals surface area contributed by atoms with Crippen molar-refractivity contribution in [2.24, 2.45) is 0 Å². The van der Waals surface area contributed by atoms with E-state index in [2.05, 4.69) is 28.9 Å². The summed E-state index contributed by atoms with van der Waals surface area (Å²) in [5.74, 6) is 0.254. The van der Waals surface area contributed by atoms with Crippen LogP contribution in [0.3, 0.4) is 0 Å². The average Bonchev–Trinajstić information content (AvgIpc) is 2.31.